The third-order valence-corrected chi connectivity index (χ3v) is 5.18. The fourth-order valence-electron chi connectivity index (χ4n) is 3.96. The van der Waals surface area contributed by atoms with Crippen molar-refractivity contribution in [1.29, 1.82) is 0 Å². The van der Waals surface area contributed by atoms with Gasteiger partial charge in [0, 0.05) is 34.2 Å². The molecule has 2 saturated heterocycles. The first-order valence-corrected chi connectivity index (χ1v) is 7.99. The van der Waals surface area contributed by atoms with E-state index in [1.807, 2.05) is 0 Å². The van der Waals surface area contributed by atoms with Gasteiger partial charge in [0.15, 0.2) is 6.29 Å². The van der Waals surface area contributed by atoms with Gasteiger partial charge in [0.05, 0.1) is 6.61 Å². The lowest BCUT2D eigenvalue weighted by molar-refractivity contribution is -0.496. The molecule has 8 heteroatoms. The first kappa shape index (κ1) is 17.5. The molecule has 0 aromatic carbocycles. The van der Waals surface area contributed by atoms with E-state index in [2.05, 4.69) is 0 Å². The summed E-state index contributed by atoms with van der Waals surface area (Å²) in [5, 5.41) is 20.1. The Morgan fingerprint density at radius 1 is 1.00 bits per heavy atom. The number of fused-ring (bicyclic) bond motifs is 2. The predicted octanol–water partition coefficient (Wildman–Crippen LogP) is -0.246. The quantitative estimate of drug-likeness (QED) is 0.727. The van der Waals surface area contributed by atoms with Crippen LogP contribution in [0.25, 0.3) is 0 Å². The second-order valence-electron chi connectivity index (χ2n) is 6.24. The Bertz CT molecular complexity index is 420. The molecule has 3 fully saturated rings. The number of aliphatic hydroxyl groups is 2. The van der Waals surface area contributed by atoms with Gasteiger partial charge in [0.1, 0.15) is 24.4 Å². The van der Waals surface area contributed by atoms with Gasteiger partial charge >= 0.3 is 0 Å². The van der Waals surface area contributed by atoms with Crippen molar-refractivity contribution < 1.29 is 38.6 Å². The molecule has 3 rings (SSSR count). The van der Waals surface area contributed by atoms with Crippen LogP contribution in [0.4, 0.5) is 0 Å². The lowest BCUT2D eigenvalue weighted by atomic mass is 9.83. The van der Waals surface area contributed by atoms with Crippen molar-refractivity contribution in [2.75, 3.05) is 27.9 Å². The molecular formula is C15H26O8. The second-order valence-corrected chi connectivity index (χ2v) is 6.24. The maximum absolute atomic E-state index is 10.5. The minimum atomic E-state index is -1.10. The number of aliphatic hydroxyl groups excluding tert-OH is 2. The van der Waals surface area contributed by atoms with E-state index < -0.39 is 42.3 Å². The third kappa shape index (κ3) is 2.52. The van der Waals surface area contributed by atoms with Crippen LogP contribution in [0.2, 0.25) is 0 Å². The summed E-state index contributed by atoms with van der Waals surface area (Å²) in [5.41, 5.74) is 0. The van der Waals surface area contributed by atoms with Crippen LogP contribution in [0.3, 0.4) is 0 Å². The van der Waals surface area contributed by atoms with Crippen LogP contribution in [0, 0.1) is 0 Å². The van der Waals surface area contributed by atoms with Crippen molar-refractivity contribution in [3.05, 3.63) is 0 Å². The normalized spacial score (nSPS) is 50.2. The molecule has 2 N–H and O–H groups in total. The third-order valence-electron chi connectivity index (χ3n) is 5.18. The van der Waals surface area contributed by atoms with E-state index >= 15 is 0 Å². The standard InChI is InChI=1S/C15H26O8/c1-18-13-10(17)12-11(9(8-16)21-13)22-14(19-2)6-4-5-7-15(14,20-3)23-12/h9-13,16-17H,4-8H2,1-3H3/t9-,10+,11-,12-,13+,14?,15?/m1/s1. The van der Waals surface area contributed by atoms with Gasteiger partial charge in [0.2, 0.25) is 11.6 Å². The van der Waals surface area contributed by atoms with Gasteiger partial charge < -0.3 is 38.6 Å². The summed E-state index contributed by atoms with van der Waals surface area (Å²) >= 11 is 0. The van der Waals surface area contributed by atoms with Crippen molar-refractivity contribution >= 4 is 0 Å². The largest absolute Gasteiger partial charge is 0.394 e. The average Bonchev–Trinajstić information content (AvgIpc) is 2.60. The van der Waals surface area contributed by atoms with Crippen molar-refractivity contribution in [2.45, 2.75) is 68.0 Å². The highest BCUT2D eigenvalue weighted by Crippen LogP contribution is 2.50. The van der Waals surface area contributed by atoms with Crippen molar-refractivity contribution in [3.63, 3.8) is 0 Å². The van der Waals surface area contributed by atoms with Gasteiger partial charge in [-0.2, -0.15) is 0 Å². The molecule has 2 unspecified atom stereocenters. The van der Waals surface area contributed by atoms with E-state index in [1.165, 1.54) is 7.11 Å². The lowest BCUT2D eigenvalue weighted by Crippen LogP contribution is -2.75. The zero-order valence-electron chi connectivity index (χ0n) is 13.8. The number of hydrogen-bond donors (Lipinski definition) is 2. The van der Waals surface area contributed by atoms with Gasteiger partial charge in [-0.1, -0.05) is 0 Å². The minimum absolute atomic E-state index is 0.281. The molecule has 0 aromatic heterocycles. The fourth-order valence-corrected chi connectivity index (χ4v) is 3.96. The fraction of sp³-hybridized carbons (Fsp3) is 1.00. The molecule has 0 radical (unpaired) electrons. The van der Waals surface area contributed by atoms with Crippen molar-refractivity contribution in [2.24, 2.45) is 0 Å². The Morgan fingerprint density at radius 3 is 2.04 bits per heavy atom. The molecule has 8 nitrogen and oxygen atoms in total. The maximum atomic E-state index is 10.5. The smallest absolute Gasteiger partial charge is 0.223 e. The van der Waals surface area contributed by atoms with Crippen LogP contribution in [0.15, 0.2) is 0 Å². The van der Waals surface area contributed by atoms with Gasteiger partial charge in [-0.15, -0.1) is 0 Å². The van der Waals surface area contributed by atoms with Crippen molar-refractivity contribution in [3.8, 4) is 0 Å². The van der Waals surface area contributed by atoms with E-state index in [9.17, 15) is 10.2 Å². The van der Waals surface area contributed by atoms with Crippen LogP contribution in [-0.4, -0.2) is 80.4 Å². The summed E-state index contributed by atoms with van der Waals surface area (Å²) < 4.78 is 34.5. The molecule has 0 aromatic rings. The zero-order chi connectivity index (χ0) is 16.7. The Hall–Kier alpha value is -0.320. The summed E-state index contributed by atoms with van der Waals surface area (Å²) in [4.78, 5) is 0. The highest BCUT2D eigenvalue weighted by Gasteiger charge is 2.66. The molecule has 3 aliphatic rings. The molecule has 2 heterocycles. The van der Waals surface area contributed by atoms with E-state index in [1.54, 1.807) is 14.2 Å². The molecule has 134 valence electrons. The number of rotatable bonds is 4. The SMILES string of the molecule is CO[C@H]1O[C@H](CO)[C@H]2OC3(OC)CCCCC3(OC)O[C@@H]2[C@@H]1O. The number of hydrogen-bond acceptors (Lipinski definition) is 8. The van der Waals surface area contributed by atoms with Crippen LogP contribution < -0.4 is 0 Å². The highest BCUT2D eigenvalue weighted by molar-refractivity contribution is 5.04. The molecule has 1 aliphatic carbocycles. The molecule has 0 amide bonds. The average molecular weight is 334 g/mol. The van der Waals surface area contributed by atoms with Crippen molar-refractivity contribution in [1.82, 2.24) is 0 Å². The second kappa shape index (κ2) is 6.53. The number of ether oxygens (including phenoxy) is 6. The Balaban J connectivity index is 1.95. The maximum Gasteiger partial charge on any atom is 0.223 e. The van der Waals surface area contributed by atoms with E-state index in [0.29, 0.717) is 12.8 Å². The Labute approximate surface area is 135 Å². The first-order chi connectivity index (χ1) is 11.1. The number of methoxy groups -OCH3 is 3. The van der Waals surface area contributed by atoms with Gasteiger partial charge in [0.25, 0.3) is 0 Å². The van der Waals surface area contributed by atoms with E-state index in [-0.39, 0.29) is 6.61 Å². The molecule has 0 spiro atoms. The van der Waals surface area contributed by atoms with E-state index in [0.717, 1.165) is 12.8 Å². The molecular weight excluding hydrogens is 308 g/mol. The monoisotopic (exact) mass is 334 g/mol. The Morgan fingerprint density at radius 2 is 1.57 bits per heavy atom. The molecule has 23 heavy (non-hydrogen) atoms. The summed E-state index contributed by atoms with van der Waals surface area (Å²) in [7, 11) is 4.53. The first-order valence-electron chi connectivity index (χ1n) is 7.99. The topological polar surface area (TPSA) is 95.8 Å². The highest BCUT2D eigenvalue weighted by atomic mass is 16.8. The van der Waals surface area contributed by atoms with Crippen LogP contribution in [-0.2, 0) is 28.4 Å². The summed E-state index contributed by atoms with van der Waals surface area (Å²) in [6.45, 7) is -0.281. The van der Waals surface area contributed by atoms with Gasteiger partial charge in [-0.05, 0) is 12.8 Å². The summed E-state index contributed by atoms with van der Waals surface area (Å²) in [6.07, 6.45) is -1.05. The zero-order valence-corrected chi connectivity index (χ0v) is 13.8. The van der Waals surface area contributed by atoms with Gasteiger partial charge in [-0.3, -0.25) is 0 Å². The summed E-state index contributed by atoms with van der Waals surface area (Å²) in [5.74, 6) is -2.19. The van der Waals surface area contributed by atoms with Crippen LogP contribution in [0.5, 0.6) is 0 Å². The van der Waals surface area contributed by atoms with Crippen LogP contribution in [0.1, 0.15) is 25.7 Å². The van der Waals surface area contributed by atoms with E-state index in [4.69, 9.17) is 28.4 Å². The summed E-state index contributed by atoms with van der Waals surface area (Å²) in [6, 6.07) is 0. The molecule has 0 bridgehead atoms. The minimum Gasteiger partial charge on any atom is -0.394 e. The molecule has 1 saturated carbocycles. The molecule has 2 aliphatic heterocycles. The van der Waals surface area contributed by atoms with Gasteiger partial charge in [-0.25, -0.2) is 0 Å². The lowest BCUT2D eigenvalue weighted by Gasteiger charge is -2.59. The predicted molar refractivity (Wildman–Crippen MR) is 76.5 cm³/mol. The van der Waals surface area contributed by atoms with Crippen LogP contribution >= 0.6 is 0 Å². The Kier molecular flexibility index (Phi) is 4.97. The molecule has 7 atom stereocenters.